The highest BCUT2D eigenvalue weighted by molar-refractivity contribution is 7.82. The van der Waals surface area contributed by atoms with Crippen LogP contribution in [0.1, 0.15) is 34.1 Å². The molecule has 1 rings (SSSR count). The smallest absolute Gasteiger partial charge is 0.199 e. The van der Waals surface area contributed by atoms with Gasteiger partial charge < -0.3 is 4.55 Å². The van der Waals surface area contributed by atoms with E-state index >= 15 is 0 Å². The third kappa shape index (κ3) is 2.11. The minimum atomic E-state index is -2.27. The first-order valence-corrected chi connectivity index (χ1v) is 5.49. The Morgan fingerprint density at radius 3 is 2.21 bits per heavy atom. The topological polar surface area (TPSA) is 84.3 Å². The Morgan fingerprint density at radius 1 is 1.36 bits per heavy atom. The molecule has 0 aliphatic rings. The van der Waals surface area contributed by atoms with Crippen LogP contribution in [0.25, 0.3) is 0 Å². The van der Waals surface area contributed by atoms with E-state index in [1.807, 2.05) is 0 Å². The van der Waals surface area contributed by atoms with E-state index in [2.05, 4.69) is 4.98 Å². The first kappa shape index (κ1) is 11.2. The van der Waals surface area contributed by atoms with Crippen molar-refractivity contribution in [3.63, 3.8) is 0 Å². The molecular weight excluding hydrogens is 226 g/mol. The Hall–Kier alpha value is -0.920. The van der Waals surface area contributed by atoms with Crippen LogP contribution in [-0.4, -0.2) is 25.3 Å². The quantitative estimate of drug-likeness (QED) is 0.625. The van der Waals surface area contributed by atoms with Gasteiger partial charge in [-0.3, -0.25) is 9.59 Å². The standard InChI is InChI=1S/C7H7NO4S2/c1-3(9)5-7(14(11)12)13-6(8-5)4(2)10/h1-2H3,(H,11,12). The highest BCUT2D eigenvalue weighted by atomic mass is 32.2. The second kappa shape index (κ2) is 4.07. The van der Waals surface area contributed by atoms with Gasteiger partial charge in [0.1, 0.15) is 5.69 Å². The molecule has 0 saturated carbocycles. The summed E-state index contributed by atoms with van der Waals surface area (Å²) in [7, 11) is 0. The monoisotopic (exact) mass is 233 g/mol. The maximum atomic E-state index is 11.0. The van der Waals surface area contributed by atoms with Gasteiger partial charge in [-0.2, -0.15) is 0 Å². The van der Waals surface area contributed by atoms with Gasteiger partial charge in [-0.1, -0.05) is 11.3 Å². The average molecular weight is 233 g/mol. The second-order valence-electron chi connectivity index (χ2n) is 2.52. The summed E-state index contributed by atoms with van der Waals surface area (Å²) in [6, 6.07) is 0. The van der Waals surface area contributed by atoms with E-state index in [1.165, 1.54) is 13.8 Å². The van der Waals surface area contributed by atoms with Crippen LogP contribution in [0, 0.1) is 0 Å². The normalized spacial score (nSPS) is 12.5. The Kier molecular flexibility index (Phi) is 3.25. The van der Waals surface area contributed by atoms with Gasteiger partial charge in [0.2, 0.25) is 0 Å². The van der Waals surface area contributed by atoms with Gasteiger partial charge in [0.05, 0.1) is 0 Å². The van der Waals surface area contributed by atoms with Crippen LogP contribution in [0.4, 0.5) is 0 Å². The fourth-order valence-electron chi connectivity index (χ4n) is 0.798. The van der Waals surface area contributed by atoms with Crippen LogP contribution in [0.15, 0.2) is 4.21 Å². The molecule has 0 saturated heterocycles. The highest BCUT2D eigenvalue weighted by Gasteiger charge is 2.20. The number of thiazole rings is 1. The number of rotatable bonds is 3. The molecule has 1 atom stereocenters. The zero-order valence-corrected chi connectivity index (χ0v) is 9.07. The van der Waals surface area contributed by atoms with Crippen LogP contribution < -0.4 is 0 Å². The maximum absolute atomic E-state index is 11.0. The van der Waals surface area contributed by atoms with Crippen molar-refractivity contribution in [3.8, 4) is 0 Å². The number of carbonyl (C=O) groups is 2. The fraction of sp³-hybridized carbons (Fsp3) is 0.286. The molecule has 0 aliphatic carbocycles. The summed E-state index contributed by atoms with van der Waals surface area (Å²) in [5.74, 6) is -0.750. The zero-order valence-electron chi connectivity index (χ0n) is 7.44. The molecule has 5 nitrogen and oxygen atoms in total. The minimum absolute atomic E-state index is 0.0669. The van der Waals surface area contributed by atoms with Crippen LogP contribution in [0.5, 0.6) is 0 Å². The Balaban J connectivity index is 3.33. The molecule has 1 aromatic heterocycles. The van der Waals surface area contributed by atoms with Crippen LogP contribution in [0.2, 0.25) is 0 Å². The van der Waals surface area contributed by atoms with E-state index < -0.39 is 16.9 Å². The lowest BCUT2D eigenvalue weighted by Gasteiger charge is -1.89. The number of nitrogens with zero attached hydrogens (tertiary/aromatic N) is 1. The summed E-state index contributed by atoms with van der Waals surface area (Å²) in [5.41, 5.74) is -0.0963. The van der Waals surface area contributed by atoms with Gasteiger partial charge in [-0.25, -0.2) is 9.19 Å². The molecule has 0 aromatic carbocycles. The van der Waals surface area contributed by atoms with E-state index in [-0.39, 0.29) is 20.7 Å². The third-order valence-electron chi connectivity index (χ3n) is 1.39. The summed E-state index contributed by atoms with van der Waals surface area (Å²) in [4.78, 5) is 25.6. The number of hydrogen-bond acceptors (Lipinski definition) is 5. The van der Waals surface area contributed by atoms with Crippen molar-refractivity contribution < 1.29 is 18.4 Å². The molecule has 1 aromatic rings. The van der Waals surface area contributed by atoms with Gasteiger partial charge in [0, 0.05) is 13.8 Å². The lowest BCUT2D eigenvalue weighted by atomic mass is 10.3. The number of ketones is 2. The first-order chi connectivity index (χ1) is 6.43. The van der Waals surface area contributed by atoms with Crippen molar-refractivity contribution in [3.05, 3.63) is 10.7 Å². The van der Waals surface area contributed by atoms with E-state index in [9.17, 15) is 13.8 Å². The lowest BCUT2D eigenvalue weighted by molar-refractivity contribution is 0.101. The van der Waals surface area contributed by atoms with E-state index in [0.717, 1.165) is 11.3 Å². The van der Waals surface area contributed by atoms with Crippen molar-refractivity contribution >= 4 is 34.0 Å². The zero-order chi connectivity index (χ0) is 10.9. The summed E-state index contributed by atoms with van der Waals surface area (Å²) in [6.07, 6.45) is 0. The molecule has 14 heavy (non-hydrogen) atoms. The predicted octanol–water partition coefficient (Wildman–Crippen LogP) is 1.13. The predicted molar refractivity (Wildman–Crippen MR) is 51.2 cm³/mol. The van der Waals surface area contributed by atoms with Crippen LogP contribution >= 0.6 is 11.3 Å². The maximum Gasteiger partial charge on any atom is 0.199 e. The van der Waals surface area contributed by atoms with Gasteiger partial charge in [0.15, 0.2) is 31.9 Å². The van der Waals surface area contributed by atoms with Gasteiger partial charge >= 0.3 is 0 Å². The molecule has 0 spiro atoms. The number of carbonyl (C=O) groups excluding carboxylic acids is 2. The number of Topliss-reactive ketones (excluding diaryl/α,β-unsaturated/α-hetero) is 2. The van der Waals surface area contributed by atoms with Crippen molar-refractivity contribution in [2.75, 3.05) is 0 Å². The van der Waals surface area contributed by atoms with Crippen LogP contribution in [0.3, 0.4) is 0 Å². The molecule has 76 valence electrons. The van der Waals surface area contributed by atoms with Crippen molar-refractivity contribution in [2.24, 2.45) is 0 Å². The summed E-state index contributed by atoms with van der Waals surface area (Å²) in [6.45, 7) is 2.52. The summed E-state index contributed by atoms with van der Waals surface area (Å²) in [5, 5.41) is 0.0765. The molecule has 1 heterocycles. The summed E-state index contributed by atoms with van der Waals surface area (Å²) >= 11 is -1.50. The molecule has 1 N–H and O–H groups in total. The molecule has 0 fully saturated rings. The molecule has 7 heteroatoms. The molecule has 1 unspecified atom stereocenters. The number of hydrogen-bond donors (Lipinski definition) is 1. The van der Waals surface area contributed by atoms with Gasteiger partial charge in [-0.05, 0) is 0 Å². The Morgan fingerprint density at radius 2 is 1.93 bits per heavy atom. The van der Waals surface area contributed by atoms with Crippen LogP contribution in [-0.2, 0) is 11.1 Å². The van der Waals surface area contributed by atoms with Gasteiger partial charge in [-0.15, -0.1) is 0 Å². The first-order valence-electron chi connectivity index (χ1n) is 3.57. The fourth-order valence-corrected chi connectivity index (χ4v) is 2.42. The van der Waals surface area contributed by atoms with Crippen molar-refractivity contribution in [1.29, 1.82) is 0 Å². The van der Waals surface area contributed by atoms with E-state index in [1.54, 1.807) is 0 Å². The lowest BCUT2D eigenvalue weighted by Crippen LogP contribution is -1.99. The Labute approximate surface area is 86.5 Å². The molecule has 0 bridgehead atoms. The van der Waals surface area contributed by atoms with Crippen molar-refractivity contribution in [1.82, 2.24) is 4.98 Å². The SMILES string of the molecule is CC(=O)c1nc(C(C)=O)c(S(=O)O)s1. The third-order valence-corrected chi connectivity index (χ3v) is 3.53. The largest absolute Gasteiger partial charge is 0.302 e. The molecule has 0 radical (unpaired) electrons. The second-order valence-corrected chi connectivity index (χ2v) is 4.68. The Bertz CT molecular complexity index is 392. The van der Waals surface area contributed by atoms with E-state index in [4.69, 9.17) is 4.55 Å². The number of aromatic nitrogens is 1. The molecule has 0 amide bonds. The van der Waals surface area contributed by atoms with Crippen molar-refractivity contribution in [2.45, 2.75) is 18.1 Å². The molecule has 0 aliphatic heterocycles. The summed E-state index contributed by atoms with van der Waals surface area (Å²) < 4.78 is 19.5. The van der Waals surface area contributed by atoms with Gasteiger partial charge in [0.25, 0.3) is 0 Å². The molecular formula is C7H7NO4S2. The highest BCUT2D eigenvalue weighted by Crippen LogP contribution is 2.22. The minimum Gasteiger partial charge on any atom is -0.302 e. The average Bonchev–Trinajstić information content (AvgIpc) is 2.47. The van der Waals surface area contributed by atoms with E-state index in [0.29, 0.717) is 0 Å².